The standard InChI is InChI=1S/C9H14N4O4S2/c1-12-3-2-6(5-12)11-19(16,17)8-4-7(13(14)15)9(10)18-8/h4,6,11H,2-3,5,10H2,1H3. The molecule has 0 amide bonds. The summed E-state index contributed by atoms with van der Waals surface area (Å²) in [4.78, 5) is 12.0. The van der Waals surface area contributed by atoms with Gasteiger partial charge in [-0.15, -0.1) is 0 Å². The third-order valence-corrected chi connectivity index (χ3v) is 5.84. The van der Waals surface area contributed by atoms with Crippen molar-refractivity contribution < 1.29 is 13.3 Å². The van der Waals surface area contributed by atoms with Crippen molar-refractivity contribution in [3.8, 4) is 0 Å². The summed E-state index contributed by atoms with van der Waals surface area (Å²) in [5, 5.41) is 10.6. The van der Waals surface area contributed by atoms with Crippen molar-refractivity contribution in [1.29, 1.82) is 0 Å². The first-order valence-electron chi connectivity index (χ1n) is 5.54. The molecule has 0 aromatic carbocycles. The molecule has 0 aliphatic carbocycles. The van der Waals surface area contributed by atoms with Crippen molar-refractivity contribution >= 4 is 32.0 Å². The van der Waals surface area contributed by atoms with Gasteiger partial charge in [-0.25, -0.2) is 13.1 Å². The lowest BCUT2D eigenvalue weighted by Gasteiger charge is -2.11. The first-order chi connectivity index (χ1) is 8.79. The zero-order valence-corrected chi connectivity index (χ0v) is 11.8. The first kappa shape index (κ1) is 14.2. The average molecular weight is 306 g/mol. The number of nitrogens with zero attached hydrogens (tertiary/aromatic N) is 2. The Kier molecular flexibility index (Phi) is 3.76. The van der Waals surface area contributed by atoms with Gasteiger partial charge in [0.15, 0.2) is 5.00 Å². The molecule has 1 aliphatic heterocycles. The summed E-state index contributed by atoms with van der Waals surface area (Å²) in [5.41, 5.74) is 5.08. The molecular weight excluding hydrogens is 292 g/mol. The van der Waals surface area contributed by atoms with Crippen LogP contribution >= 0.6 is 11.3 Å². The van der Waals surface area contributed by atoms with E-state index in [0.717, 1.165) is 19.0 Å². The van der Waals surface area contributed by atoms with Gasteiger partial charge in [-0.2, -0.15) is 0 Å². The fourth-order valence-electron chi connectivity index (χ4n) is 1.96. The summed E-state index contributed by atoms with van der Waals surface area (Å²) in [7, 11) is -1.84. The molecule has 1 fully saturated rings. The Morgan fingerprint density at radius 2 is 2.32 bits per heavy atom. The van der Waals surface area contributed by atoms with Crippen molar-refractivity contribution in [1.82, 2.24) is 9.62 Å². The predicted molar refractivity (Wildman–Crippen MR) is 71.6 cm³/mol. The minimum Gasteiger partial charge on any atom is -0.385 e. The number of nitro groups is 1. The quantitative estimate of drug-likeness (QED) is 0.607. The molecule has 3 N–H and O–H groups in total. The number of nitrogen functional groups attached to an aromatic ring is 1. The fraction of sp³-hybridized carbons (Fsp3) is 0.556. The maximum atomic E-state index is 12.1. The molecule has 1 atom stereocenters. The van der Waals surface area contributed by atoms with E-state index < -0.39 is 14.9 Å². The van der Waals surface area contributed by atoms with Gasteiger partial charge in [0.05, 0.1) is 4.92 Å². The number of nitrogens with two attached hydrogens (primary N) is 1. The summed E-state index contributed by atoms with van der Waals surface area (Å²) in [6, 6.07) is 0.832. The highest BCUT2D eigenvalue weighted by Crippen LogP contribution is 2.34. The molecule has 0 radical (unpaired) electrons. The molecule has 1 saturated heterocycles. The van der Waals surface area contributed by atoms with Gasteiger partial charge in [-0.3, -0.25) is 10.1 Å². The lowest BCUT2D eigenvalue weighted by molar-refractivity contribution is -0.383. The molecule has 1 aliphatic rings. The van der Waals surface area contributed by atoms with E-state index >= 15 is 0 Å². The van der Waals surface area contributed by atoms with E-state index in [9.17, 15) is 18.5 Å². The Morgan fingerprint density at radius 1 is 1.63 bits per heavy atom. The van der Waals surface area contributed by atoms with E-state index in [1.807, 2.05) is 11.9 Å². The van der Waals surface area contributed by atoms with Gasteiger partial charge in [-0.05, 0) is 20.0 Å². The Bertz CT molecular complexity index is 597. The Labute approximate surface area is 114 Å². The molecule has 106 valence electrons. The molecular formula is C9H14N4O4S2. The Morgan fingerprint density at radius 3 is 2.79 bits per heavy atom. The highest BCUT2D eigenvalue weighted by molar-refractivity contribution is 7.91. The SMILES string of the molecule is CN1CCC(NS(=O)(=O)c2cc([N+](=O)[O-])c(N)s2)C1. The number of thiophene rings is 1. The second kappa shape index (κ2) is 5.04. The molecule has 1 aromatic rings. The average Bonchev–Trinajstić information content (AvgIpc) is 2.84. The molecule has 8 nitrogen and oxygen atoms in total. The lowest BCUT2D eigenvalue weighted by atomic mass is 10.3. The van der Waals surface area contributed by atoms with Crippen LogP contribution in [0.4, 0.5) is 10.7 Å². The number of rotatable bonds is 4. The van der Waals surface area contributed by atoms with Gasteiger partial charge in [0.2, 0.25) is 0 Å². The van der Waals surface area contributed by atoms with Crippen molar-refractivity contribution in [2.24, 2.45) is 0 Å². The molecule has 0 saturated carbocycles. The van der Waals surface area contributed by atoms with Gasteiger partial charge in [0.1, 0.15) is 4.21 Å². The van der Waals surface area contributed by atoms with Crippen LogP contribution in [-0.4, -0.2) is 44.4 Å². The zero-order valence-electron chi connectivity index (χ0n) is 10.2. The summed E-state index contributed by atoms with van der Waals surface area (Å²) < 4.78 is 26.6. The van der Waals surface area contributed by atoms with Gasteiger partial charge in [0.25, 0.3) is 10.0 Å². The number of hydrogen-bond acceptors (Lipinski definition) is 7. The van der Waals surface area contributed by atoms with E-state index in [1.165, 1.54) is 0 Å². The second-order valence-corrected chi connectivity index (χ2v) is 7.47. The summed E-state index contributed by atoms with van der Waals surface area (Å²) in [5.74, 6) is 0. The van der Waals surface area contributed by atoms with Crippen molar-refractivity contribution in [3.05, 3.63) is 16.2 Å². The third-order valence-electron chi connectivity index (χ3n) is 2.89. The summed E-state index contributed by atoms with van der Waals surface area (Å²) >= 11 is 0.706. The van der Waals surface area contributed by atoms with Crippen LogP contribution in [0.3, 0.4) is 0 Å². The van der Waals surface area contributed by atoms with E-state index in [-0.39, 0.29) is 20.9 Å². The molecule has 2 heterocycles. The maximum Gasteiger partial charge on any atom is 0.304 e. The summed E-state index contributed by atoms with van der Waals surface area (Å²) in [6.45, 7) is 1.45. The minimum atomic E-state index is -3.74. The van der Waals surface area contributed by atoms with Crippen LogP contribution < -0.4 is 10.5 Å². The summed E-state index contributed by atoms with van der Waals surface area (Å²) in [6.07, 6.45) is 0.721. The normalized spacial score (nSPS) is 20.8. The molecule has 0 bridgehead atoms. The van der Waals surface area contributed by atoms with Gasteiger partial charge >= 0.3 is 5.69 Å². The Hall–Kier alpha value is -1.23. The van der Waals surface area contributed by atoms with E-state index in [2.05, 4.69) is 4.72 Å². The van der Waals surface area contributed by atoms with Crippen molar-refractivity contribution in [2.45, 2.75) is 16.7 Å². The topological polar surface area (TPSA) is 119 Å². The van der Waals surface area contributed by atoms with Gasteiger partial charge < -0.3 is 10.6 Å². The van der Waals surface area contributed by atoms with Crippen molar-refractivity contribution in [3.63, 3.8) is 0 Å². The monoisotopic (exact) mass is 306 g/mol. The van der Waals surface area contributed by atoms with Crippen LogP contribution in [0.15, 0.2) is 10.3 Å². The van der Waals surface area contributed by atoms with E-state index in [4.69, 9.17) is 5.73 Å². The van der Waals surface area contributed by atoms with Gasteiger partial charge in [0, 0.05) is 18.7 Å². The smallest absolute Gasteiger partial charge is 0.304 e. The molecule has 0 spiro atoms. The number of nitrogens with one attached hydrogen (secondary N) is 1. The molecule has 1 aromatic heterocycles. The molecule has 2 rings (SSSR count). The van der Waals surface area contributed by atoms with Crippen LogP contribution in [0.25, 0.3) is 0 Å². The number of likely N-dealkylation sites (tertiary alicyclic amines) is 1. The highest BCUT2D eigenvalue weighted by atomic mass is 32.2. The van der Waals surface area contributed by atoms with Gasteiger partial charge in [-0.1, -0.05) is 11.3 Å². The minimum absolute atomic E-state index is 0.103. The number of hydrogen-bond donors (Lipinski definition) is 2. The molecule has 1 unspecified atom stereocenters. The van der Waals surface area contributed by atoms with Crippen LogP contribution in [0.2, 0.25) is 0 Å². The maximum absolute atomic E-state index is 12.1. The molecule has 19 heavy (non-hydrogen) atoms. The molecule has 10 heteroatoms. The second-order valence-electron chi connectivity index (χ2n) is 4.44. The highest BCUT2D eigenvalue weighted by Gasteiger charge is 2.29. The number of sulfonamides is 1. The van der Waals surface area contributed by atoms with Crippen LogP contribution in [0.1, 0.15) is 6.42 Å². The largest absolute Gasteiger partial charge is 0.385 e. The lowest BCUT2D eigenvalue weighted by Crippen LogP contribution is -2.36. The fourth-order valence-corrected chi connectivity index (χ4v) is 4.45. The van der Waals surface area contributed by atoms with E-state index in [0.29, 0.717) is 17.9 Å². The van der Waals surface area contributed by atoms with Crippen LogP contribution in [0, 0.1) is 10.1 Å². The Balaban J connectivity index is 2.20. The third kappa shape index (κ3) is 3.03. The first-order valence-corrected chi connectivity index (χ1v) is 7.84. The van der Waals surface area contributed by atoms with Crippen LogP contribution in [0.5, 0.6) is 0 Å². The number of likely N-dealkylation sites (N-methyl/N-ethyl adjacent to an activating group) is 1. The van der Waals surface area contributed by atoms with Crippen molar-refractivity contribution in [2.75, 3.05) is 25.9 Å². The van der Waals surface area contributed by atoms with Crippen LogP contribution in [-0.2, 0) is 10.0 Å². The predicted octanol–water partition coefficient (Wildman–Crippen LogP) is 0.221. The number of anilines is 1. The van der Waals surface area contributed by atoms with E-state index in [1.54, 1.807) is 0 Å². The zero-order chi connectivity index (χ0) is 14.2.